The molecule has 2 rings (SSSR count). The van der Waals surface area contributed by atoms with Crippen molar-refractivity contribution in [1.29, 1.82) is 5.26 Å². The number of carbonyl (C=O) groups is 2. The zero-order valence-corrected chi connectivity index (χ0v) is 13.7. The molecule has 6 nitrogen and oxygen atoms in total. The summed E-state index contributed by atoms with van der Waals surface area (Å²) in [5, 5.41) is 11.6. The highest BCUT2D eigenvalue weighted by molar-refractivity contribution is 5.91. The maximum Gasteiger partial charge on any atom is 0.407 e. The number of amides is 2. The molecule has 0 saturated carbocycles. The summed E-state index contributed by atoms with van der Waals surface area (Å²) < 4.78 is 4.87. The number of carbonyl (C=O) groups excluding carboxylic acids is 2. The Hall–Kier alpha value is -2.81. The highest BCUT2D eigenvalue weighted by Crippen LogP contribution is 2.12. The molecule has 1 aliphatic rings. The van der Waals surface area contributed by atoms with Crippen LogP contribution < -0.4 is 5.32 Å². The van der Waals surface area contributed by atoms with Crippen molar-refractivity contribution in [1.82, 2.24) is 10.2 Å². The van der Waals surface area contributed by atoms with Crippen molar-refractivity contribution in [2.24, 2.45) is 0 Å². The van der Waals surface area contributed by atoms with Gasteiger partial charge in [-0.15, -0.1) is 0 Å². The molecule has 1 heterocycles. The summed E-state index contributed by atoms with van der Waals surface area (Å²) >= 11 is 0. The average molecular weight is 327 g/mol. The van der Waals surface area contributed by atoms with E-state index in [1.165, 1.54) is 6.08 Å². The number of benzene rings is 1. The molecule has 126 valence electrons. The van der Waals surface area contributed by atoms with E-state index in [0.717, 1.165) is 18.4 Å². The predicted octanol–water partition coefficient (Wildman–Crippen LogP) is 2.31. The van der Waals surface area contributed by atoms with E-state index in [1.807, 2.05) is 0 Å². The Bertz CT molecular complexity index is 646. The third-order valence-electron chi connectivity index (χ3n) is 3.79. The minimum Gasteiger partial charge on any atom is -0.450 e. The Labute approximate surface area is 141 Å². The monoisotopic (exact) mass is 327 g/mol. The molecule has 1 aliphatic heterocycles. The van der Waals surface area contributed by atoms with E-state index in [9.17, 15) is 9.59 Å². The van der Waals surface area contributed by atoms with Gasteiger partial charge in [-0.1, -0.05) is 12.1 Å². The van der Waals surface area contributed by atoms with Crippen LogP contribution in [0.5, 0.6) is 0 Å². The van der Waals surface area contributed by atoms with E-state index in [4.69, 9.17) is 10.00 Å². The van der Waals surface area contributed by atoms with Crippen LogP contribution in [0.2, 0.25) is 0 Å². The first-order valence-electron chi connectivity index (χ1n) is 8.03. The number of hydrogen-bond acceptors (Lipinski definition) is 4. The van der Waals surface area contributed by atoms with Gasteiger partial charge in [0.25, 0.3) is 0 Å². The highest BCUT2D eigenvalue weighted by atomic mass is 16.5. The molecule has 6 heteroatoms. The molecule has 0 spiro atoms. The van der Waals surface area contributed by atoms with Gasteiger partial charge < -0.3 is 15.0 Å². The molecule has 0 unspecified atom stereocenters. The van der Waals surface area contributed by atoms with Crippen LogP contribution in [0.4, 0.5) is 4.79 Å². The SMILES string of the molecule is CCOC(=O)N[C@H]1CCCN(C(=O)/C=C/c2ccc(C#N)cc2)C1. The van der Waals surface area contributed by atoms with Crippen LogP contribution in [0.25, 0.3) is 6.08 Å². The van der Waals surface area contributed by atoms with Crippen molar-refractivity contribution in [3.05, 3.63) is 41.5 Å². The number of nitrogens with one attached hydrogen (secondary N) is 1. The van der Waals surface area contributed by atoms with E-state index in [1.54, 1.807) is 42.2 Å². The van der Waals surface area contributed by atoms with Crippen LogP contribution in [-0.2, 0) is 9.53 Å². The Balaban J connectivity index is 1.90. The number of likely N-dealkylation sites (tertiary alicyclic amines) is 1. The van der Waals surface area contributed by atoms with Crippen molar-refractivity contribution >= 4 is 18.1 Å². The fourth-order valence-electron chi connectivity index (χ4n) is 2.58. The molecule has 1 N–H and O–H groups in total. The third-order valence-corrected chi connectivity index (χ3v) is 3.79. The number of alkyl carbamates (subject to hydrolysis) is 1. The van der Waals surface area contributed by atoms with Crippen molar-refractivity contribution in [3.63, 3.8) is 0 Å². The molecule has 0 aliphatic carbocycles. The zero-order valence-electron chi connectivity index (χ0n) is 13.7. The molecular weight excluding hydrogens is 306 g/mol. The number of piperidine rings is 1. The molecule has 1 saturated heterocycles. The molecule has 0 radical (unpaired) electrons. The second-order valence-electron chi connectivity index (χ2n) is 5.56. The van der Waals surface area contributed by atoms with Crippen LogP contribution >= 0.6 is 0 Å². The van der Waals surface area contributed by atoms with Gasteiger partial charge in [0.05, 0.1) is 18.2 Å². The molecule has 1 aromatic rings. The Kier molecular flexibility index (Phi) is 6.38. The van der Waals surface area contributed by atoms with Crippen LogP contribution in [0.1, 0.15) is 30.9 Å². The van der Waals surface area contributed by atoms with Gasteiger partial charge in [-0.05, 0) is 43.5 Å². The van der Waals surface area contributed by atoms with Crippen LogP contribution in [0.3, 0.4) is 0 Å². The lowest BCUT2D eigenvalue weighted by Crippen LogP contribution is -2.49. The number of nitriles is 1. The van der Waals surface area contributed by atoms with Crippen LogP contribution in [0, 0.1) is 11.3 Å². The van der Waals surface area contributed by atoms with Gasteiger partial charge in [-0.2, -0.15) is 5.26 Å². The van der Waals surface area contributed by atoms with Gasteiger partial charge in [-0.25, -0.2) is 4.79 Å². The summed E-state index contributed by atoms with van der Waals surface area (Å²) in [6.07, 6.45) is 4.49. The van der Waals surface area contributed by atoms with Gasteiger partial charge in [0, 0.05) is 25.2 Å². The van der Waals surface area contributed by atoms with E-state index in [-0.39, 0.29) is 11.9 Å². The van der Waals surface area contributed by atoms with Gasteiger partial charge in [0.2, 0.25) is 5.91 Å². The highest BCUT2D eigenvalue weighted by Gasteiger charge is 2.23. The molecular formula is C18H21N3O3. The Morgan fingerprint density at radius 1 is 1.42 bits per heavy atom. The van der Waals surface area contributed by atoms with E-state index in [2.05, 4.69) is 11.4 Å². The first-order chi connectivity index (χ1) is 11.6. The number of ether oxygens (including phenoxy) is 1. The number of nitrogens with zero attached hydrogens (tertiary/aromatic N) is 2. The zero-order chi connectivity index (χ0) is 17.4. The Morgan fingerprint density at radius 3 is 2.83 bits per heavy atom. The van der Waals surface area contributed by atoms with Gasteiger partial charge in [0.1, 0.15) is 0 Å². The van der Waals surface area contributed by atoms with Crippen molar-refractivity contribution in [2.75, 3.05) is 19.7 Å². The summed E-state index contributed by atoms with van der Waals surface area (Å²) in [5.41, 5.74) is 1.45. The quantitative estimate of drug-likeness (QED) is 0.860. The number of hydrogen-bond donors (Lipinski definition) is 1. The first kappa shape index (κ1) is 17.5. The van der Waals surface area contributed by atoms with E-state index < -0.39 is 6.09 Å². The molecule has 24 heavy (non-hydrogen) atoms. The van der Waals surface area contributed by atoms with Crippen molar-refractivity contribution < 1.29 is 14.3 Å². The lowest BCUT2D eigenvalue weighted by Gasteiger charge is -2.32. The summed E-state index contributed by atoms with van der Waals surface area (Å²) in [6, 6.07) is 8.99. The van der Waals surface area contributed by atoms with E-state index >= 15 is 0 Å². The standard InChI is InChI=1S/C18H21N3O3/c1-2-24-18(23)20-16-4-3-11-21(13-16)17(22)10-9-14-5-7-15(12-19)8-6-14/h5-10,16H,2-4,11,13H2,1H3,(H,20,23)/b10-9+/t16-/m0/s1. The molecule has 1 aromatic carbocycles. The lowest BCUT2D eigenvalue weighted by molar-refractivity contribution is -0.127. The molecule has 1 atom stereocenters. The fourth-order valence-corrected chi connectivity index (χ4v) is 2.58. The largest absolute Gasteiger partial charge is 0.450 e. The topological polar surface area (TPSA) is 82.4 Å². The fraction of sp³-hybridized carbons (Fsp3) is 0.389. The minimum absolute atomic E-state index is 0.0786. The van der Waals surface area contributed by atoms with Gasteiger partial charge >= 0.3 is 6.09 Å². The van der Waals surface area contributed by atoms with Gasteiger partial charge in [-0.3, -0.25) is 4.79 Å². The summed E-state index contributed by atoms with van der Waals surface area (Å²) in [4.78, 5) is 25.5. The first-order valence-corrected chi connectivity index (χ1v) is 8.03. The summed E-state index contributed by atoms with van der Waals surface area (Å²) in [5.74, 6) is -0.0882. The third kappa shape index (κ3) is 5.13. The van der Waals surface area contributed by atoms with E-state index in [0.29, 0.717) is 25.3 Å². The average Bonchev–Trinajstić information content (AvgIpc) is 2.60. The molecule has 2 amide bonds. The van der Waals surface area contributed by atoms with Gasteiger partial charge in [0.15, 0.2) is 0 Å². The minimum atomic E-state index is -0.440. The van der Waals surface area contributed by atoms with Crippen LogP contribution in [0.15, 0.2) is 30.3 Å². The Morgan fingerprint density at radius 2 is 2.17 bits per heavy atom. The summed E-state index contributed by atoms with van der Waals surface area (Å²) in [7, 11) is 0. The predicted molar refractivity (Wildman–Crippen MR) is 90.0 cm³/mol. The molecule has 0 bridgehead atoms. The number of rotatable bonds is 4. The second kappa shape index (κ2) is 8.73. The lowest BCUT2D eigenvalue weighted by atomic mass is 10.1. The maximum absolute atomic E-state index is 12.3. The maximum atomic E-state index is 12.3. The molecule has 1 fully saturated rings. The molecule has 0 aromatic heterocycles. The van der Waals surface area contributed by atoms with Crippen molar-refractivity contribution in [2.45, 2.75) is 25.8 Å². The summed E-state index contributed by atoms with van der Waals surface area (Å²) in [6.45, 7) is 3.24. The second-order valence-corrected chi connectivity index (χ2v) is 5.56. The van der Waals surface area contributed by atoms with Crippen LogP contribution in [-0.4, -0.2) is 42.6 Å². The smallest absolute Gasteiger partial charge is 0.407 e. The normalized spacial score (nSPS) is 17.3. The van der Waals surface area contributed by atoms with Crippen molar-refractivity contribution in [3.8, 4) is 6.07 Å².